The maximum Gasteiger partial charge on any atom is 0.328 e. The molecule has 0 N–H and O–H groups in total. The number of hydrogen-bond acceptors (Lipinski definition) is 6. The van der Waals surface area contributed by atoms with Crippen LogP contribution in [0.2, 0.25) is 0 Å². The van der Waals surface area contributed by atoms with Gasteiger partial charge in [0.05, 0.1) is 13.7 Å². The first-order valence-corrected chi connectivity index (χ1v) is 7.14. The summed E-state index contributed by atoms with van der Waals surface area (Å²) in [7, 11) is 1.24. The Labute approximate surface area is 135 Å². The summed E-state index contributed by atoms with van der Waals surface area (Å²) in [6.07, 6.45) is 1.26. The van der Waals surface area contributed by atoms with Crippen LogP contribution >= 0.6 is 0 Å². The highest BCUT2D eigenvalue weighted by atomic mass is 19.1. The minimum Gasteiger partial charge on any atom is -0.467 e. The first-order valence-electron chi connectivity index (χ1n) is 7.14. The number of methoxy groups -OCH3 is 1. The van der Waals surface area contributed by atoms with Crippen LogP contribution in [-0.4, -0.2) is 37.6 Å². The largest absolute Gasteiger partial charge is 0.467 e. The van der Waals surface area contributed by atoms with Crippen molar-refractivity contribution in [1.82, 2.24) is 24.5 Å². The van der Waals surface area contributed by atoms with Crippen molar-refractivity contribution in [3.8, 4) is 0 Å². The summed E-state index contributed by atoms with van der Waals surface area (Å²) in [5.74, 6) is -0.892. The van der Waals surface area contributed by atoms with Gasteiger partial charge in [-0.3, -0.25) is 9.36 Å². The molecule has 0 saturated carbocycles. The summed E-state index contributed by atoms with van der Waals surface area (Å²) in [5, 5.41) is 7.77. The summed E-state index contributed by atoms with van der Waals surface area (Å²) >= 11 is 0. The van der Waals surface area contributed by atoms with Gasteiger partial charge in [-0.05, 0) is 24.6 Å². The van der Waals surface area contributed by atoms with Gasteiger partial charge in [-0.25, -0.2) is 18.9 Å². The first-order chi connectivity index (χ1) is 11.5. The molecule has 3 rings (SSSR count). The van der Waals surface area contributed by atoms with E-state index >= 15 is 0 Å². The van der Waals surface area contributed by atoms with Crippen LogP contribution in [0.4, 0.5) is 4.39 Å². The number of benzene rings is 1. The molecule has 2 heterocycles. The van der Waals surface area contributed by atoms with E-state index in [-0.39, 0.29) is 17.0 Å². The number of hydrogen-bond donors (Lipinski definition) is 0. The van der Waals surface area contributed by atoms with Crippen LogP contribution in [0.1, 0.15) is 18.5 Å². The Morgan fingerprint density at radius 1 is 1.33 bits per heavy atom. The van der Waals surface area contributed by atoms with Gasteiger partial charge in [0.15, 0.2) is 11.2 Å². The standard InChI is InChI=1S/C15H14FN5O3/c1-9(15(23)24-2)20-8-17-13-12(14(20)22)18-19-21(13)7-10-3-5-11(16)6-4-10/h3-6,8-9H,7H2,1-2H3. The quantitative estimate of drug-likeness (QED) is 0.660. The molecule has 0 aliphatic rings. The van der Waals surface area contributed by atoms with Gasteiger partial charge in [0.2, 0.25) is 0 Å². The fourth-order valence-electron chi connectivity index (χ4n) is 2.30. The van der Waals surface area contributed by atoms with E-state index in [1.54, 1.807) is 12.1 Å². The smallest absolute Gasteiger partial charge is 0.328 e. The van der Waals surface area contributed by atoms with Crippen LogP contribution in [0.3, 0.4) is 0 Å². The highest BCUT2D eigenvalue weighted by Gasteiger charge is 2.20. The van der Waals surface area contributed by atoms with Crippen LogP contribution in [0.25, 0.3) is 11.2 Å². The average Bonchev–Trinajstić information content (AvgIpc) is 3.00. The number of nitrogens with zero attached hydrogens (tertiary/aromatic N) is 5. The zero-order valence-electron chi connectivity index (χ0n) is 13.0. The Morgan fingerprint density at radius 3 is 2.71 bits per heavy atom. The van der Waals surface area contributed by atoms with Crippen LogP contribution in [0, 0.1) is 5.82 Å². The van der Waals surface area contributed by atoms with E-state index in [9.17, 15) is 14.0 Å². The van der Waals surface area contributed by atoms with Crippen molar-refractivity contribution >= 4 is 17.1 Å². The van der Waals surface area contributed by atoms with E-state index in [0.717, 1.165) is 10.1 Å². The van der Waals surface area contributed by atoms with Crippen LogP contribution in [0.15, 0.2) is 35.4 Å². The summed E-state index contributed by atoms with van der Waals surface area (Å²) in [4.78, 5) is 28.2. The number of carbonyl (C=O) groups excluding carboxylic acids is 1. The van der Waals surface area contributed by atoms with E-state index in [1.165, 1.54) is 37.2 Å². The fourth-order valence-corrected chi connectivity index (χ4v) is 2.30. The highest BCUT2D eigenvalue weighted by Crippen LogP contribution is 2.10. The summed E-state index contributed by atoms with van der Waals surface area (Å²) in [6, 6.07) is 5.09. The predicted molar refractivity (Wildman–Crippen MR) is 81.8 cm³/mol. The molecule has 124 valence electrons. The second-order valence-electron chi connectivity index (χ2n) is 5.20. The van der Waals surface area contributed by atoms with E-state index in [0.29, 0.717) is 6.54 Å². The number of aromatic nitrogens is 5. The van der Waals surface area contributed by atoms with Crippen molar-refractivity contribution in [2.24, 2.45) is 0 Å². The molecule has 1 atom stereocenters. The molecule has 9 heteroatoms. The molecule has 0 aliphatic heterocycles. The van der Waals surface area contributed by atoms with Crippen molar-refractivity contribution in [2.75, 3.05) is 7.11 Å². The van der Waals surface area contributed by atoms with Crippen LogP contribution < -0.4 is 5.56 Å². The normalized spacial score (nSPS) is 12.3. The van der Waals surface area contributed by atoms with Gasteiger partial charge in [0.1, 0.15) is 18.2 Å². The second-order valence-corrected chi connectivity index (χ2v) is 5.20. The van der Waals surface area contributed by atoms with Gasteiger partial charge in [-0.1, -0.05) is 17.3 Å². The molecule has 0 amide bonds. The van der Waals surface area contributed by atoms with Gasteiger partial charge in [0, 0.05) is 0 Å². The Morgan fingerprint density at radius 2 is 2.04 bits per heavy atom. The molecule has 8 nitrogen and oxygen atoms in total. The number of halogens is 1. The van der Waals surface area contributed by atoms with Crippen molar-refractivity contribution < 1.29 is 13.9 Å². The maximum atomic E-state index is 13.0. The molecule has 1 aromatic carbocycles. The highest BCUT2D eigenvalue weighted by molar-refractivity contribution is 5.74. The lowest BCUT2D eigenvalue weighted by Crippen LogP contribution is -2.29. The zero-order valence-corrected chi connectivity index (χ0v) is 13.0. The molecule has 0 bridgehead atoms. The van der Waals surface area contributed by atoms with Crippen molar-refractivity contribution in [1.29, 1.82) is 0 Å². The lowest BCUT2D eigenvalue weighted by Gasteiger charge is -2.11. The predicted octanol–water partition coefficient (Wildman–Crippen LogP) is 0.909. The lowest BCUT2D eigenvalue weighted by molar-refractivity contribution is -0.144. The Bertz CT molecular complexity index is 948. The maximum absolute atomic E-state index is 13.0. The minimum atomic E-state index is -0.818. The zero-order chi connectivity index (χ0) is 17.3. The number of fused-ring (bicyclic) bond motifs is 1. The molecule has 0 aliphatic carbocycles. The number of carbonyl (C=O) groups is 1. The number of esters is 1. The monoisotopic (exact) mass is 331 g/mol. The fraction of sp³-hybridized carbons (Fsp3) is 0.267. The lowest BCUT2D eigenvalue weighted by atomic mass is 10.2. The first kappa shape index (κ1) is 15.8. The van der Waals surface area contributed by atoms with E-state index in [1.807, 2.05) is 0 Å². The Hall–Kier alpha value is -3.10. The molecule has 0 fully saturated rings. The average molecular weight is 331 g/mol. The topological polar surface area (TPSA) is 91.9 Å². The van der Waals surface area contributed by atoms with Gasteiger partial charge in [-0.15, -0.1) is 5.10 Å². The van der Waals surface area contributed by atoms with Crippen LogP contribution in [-0.2, 0) is 16.1 Å². The molecular formula is C15H14FN5O3. The molecule has 0 saturated heterocycles. The van der Waals surface area contributed by atoms with Crippen molar-refractivity contribution in [3.05, 3.63) is 52.3 Å². The van der Waals surface area contributed by atoms with Gasteiger partial charge in [-0.2, -0.15) is 0 Å². The molecule has 24 heavy (non-hydrogen) atoms. The van der Waals surface area contributed by atoms with Crippen molar-refractivity contribution in [2.45, 2.75) is 19.5 Å². The third-order valence-corrected chi connectivity index (χ3v) is 3.66. The molecular weight excluding hydrogens is 317 g/mol. The summed E-state index contributed by atoms with van der Waals surface area (Å²) < 4.78 is 20.2. The van der Waals surface area contributed by atoms with Gasteiger partial charge < -0.3 is 4.74 Å². The Kier molecular flexibility index (Phi) is 4.07. The number of ether oxygens (including phenoxy) is 1. The van der Waals surface area contributed by atoms with E-state index in [2.05, 4.69) is 20.0 Å². The third-order valence-electron chi connectivity index (χ3n) is 3.66. The molecule has 0 spiro atoms. The van der Waals surface area contributed by atoms with Crippen molar-refractivity contribution in [3.63, 3.8) is 0 Å². The molecule has 3 aromatic rings. The number of rotatable bonds is 4. The van der Waals surface area contributed by atoms with E-state index < -0.39 is 17.6 Å². The molecule has 2 aromatic heterocycles. The molecule has 0 radical (unpaired) electrons. The minimum absolute atomic E-state index is 0.0513. The summed E-state index contributed by atoms with van der Waals surface area (Å²) in [5.41, 5.74) is 0.647. The molecule has 1 unspecified atom stereocenters. The summed E-state index contributed by atoms with van der Waals surface area (Å²) in [6.45, 7) is 1.82. The SMILES string of the molecule is COC(=O)C(C)n1cnc2c(nnn2Cc2ccc(F)cc2)c1=O. The van der Waals surface area contributed by atoms with E-state index in [4.69, 9.17) is 0 Å². The van der Waals surface area contributed by atoms with Gasteiger partial charge >= 0.3 is 5.97 Å². The van der Waals surface area contributed by atoms with Gasteiger partial charge in [0.25, 0.3) is 5.56 Å². The third kappa shape index (κ3) is 2.75. The second kappa shape index (κ2) is 6.19. The van der Waals surface area contributed by atoms with Crippen LogP contribution in [0.5, 0.6) is 0 Å². The Balaban J connectivity index is 1.99.